The van der Waals surface area contributed by atoms with Gasteiger partial charge in [0.2, 0.25) is 0 Å². The number of hydrogen-bond acceptors (Lipinski definition) is 3. The number of nitrogens with zero attached hydrogens (tertiary/aromatic N) is 2. The Morgan fingerprint density at radius 3 is 2.42 bits per heavy atom. The van der Waals surface area contributed by atoms with Crippen LogP contribution in [0.1, 0.15) is 17.9 Å². The number of ether oxygens (including phenoxy) is 1. The minimum atomic E-state index is -1.22. The Balaban J connectivity index is 2.46. The van der Waals surface area contributed by atoms with Crippen LogP contribution < -0.4 is 4.74 Å². The standard InChI is InChI=1S/C15H13ClN2O/c1-19-12-7-5-11(6-8-12)13-3-2-4-14(16)15(13,9-17)10-18/h2-3,5-8,13-14H,4H2,1H3/t13-,14+/m0/s1. The second-order valence-electron chi connectivity index (χ2n) is 4.47. The number of alkyl halides is 1. The summed E-state index contributed by atoms with van der Waals surface area (Å²) in [6.07, 6.45) is 4.36. The van der Waals surface area contributed by atoms with Gasteiger partial charge in [-0.3, -0.25) is 0 Å². The third-order valence-corrected chi connectivity index (χ3v) is 4.02. The Kier molecular flexibility index (Phi) is 3.79. The lowest BCUT2D eigenvalue weighted by atomic mass is 9.68. The van der Waals surface area contributed by atoms with Crippen molar-refractivity contribution in [2.75, 3.05) is 7.11 Å². The maximum absolute atomic E-state index is 9.43. The summed E-state index contributed by atoms with van der Waals surface area (Å²) in [5.74, 6) is 0.426. The Labute approximate surface area is 117 Å². The highest BCUT2D eigenvalue weighted by Gasteiger charge is 2.47. The topological polar surface area (TPSA) is 56.8 Å². The Morgan fingerprint density at radius 2 is 1.89 bits per heavy atom. The van der Waals surface area contributed by atoms with E-state index in [1.165, 1.54) is 0 Å². The van der Waals surface area contributed by atoms with Crippen LogP contribution in [-0.4, -0.2) is 12.5 Å². The molecule has 1 aliphatic carbocycles. The fourth-order valence-corrected chi connectivity index (χ4v) is 2.69. The molecule has 1 aliphatic rings. The summed E-state index contributed by atoms with van der Waals surface area (Å²) in [5.41, 5.74) is -0.323. The first-order valence-electron chi connectivity index (χ1n) is 5.95. The maximum Gasteiger partial charge on any atom is 0.170 e. The summed E-state index contributed by atoms with van der Waals surface area (Å²) < 4.78 is 5.11. The van der Waals surface area contributed by atoms with E-state index in [-0.39, 0.29) is 5.92 Å². The van der Waals surface area contributed by atoms with Crippen LogP contribution in [0.5, 0.6) is 5.75 Å². The second-order valence-corrected chi connectivity index (χ2v) is 5.00. The molecule has 19 heavy (non-hydrogen) atoms. The normalized spacial score (nSPS) is 24.2. The fraction of sp³-hybridized carbons (Fsp3) is 0.333. The highest BCUT2D eigenvalue weighted by Crippen LogP contribution is 2.46. The first kappa shape index (κ1) is 13.5. The van der Waals surface area contributed by atoms with Crippen LogP contribution in [0.15, 0.2) is 36.4 Å². The van der Waals surface area contributed by atoms with E-state index in [0.29, 0.717) is 6.42 Å². The van der Waals surface area contributed by atoms with E-state index in [0.717, 1.165) is 11.3 Å². The van der Waals surface area contributed by atoms with Gasteiger partial charge in [0.15, 0.2) is 5.41 Å². The van der Waals surface area contributed by atoms with Gasteiger partial charge in [-0.1, -0.05) is 24.3 Å². The highest BCUT2D eigenvalue weighted by atomic mass is 35.5. The van der Waals surface area contributed by atoms with Crippen molar-refractivity contribution in [1.82, 2.24) is 0 Å². The number of halogens is 1. The van der Waals surface area contributed by atoms with Crippen molar-refractivity contribution in [2.45, 2.75) is 17.7 Å². The van der Waals surface area contributed by atoms with E-state index >= 15 is 0 Å². The fourth-order valence-electron chi connectivity index (χ4n) is 2.36. The summed E-state index contributed by atoms with van der Waals surface area (Å²) in [5, 5.41) is 18.4. The van der Waals surface area contributed by atoms with Gasteiger partial charge in [0.1, 0.15) is 5.75 Å². The van der Waals surface area contributed by atoms with E-state index < -0.39 is 10.8 Å². The summed E-state index contributed by atoms with van der Waals surface area (Å²) in [4.78, 5) is 0. The van der Waals surface area contributed by atoms with Crippen molar-refractivity contribution in [1.29, 1.82) is 10.5 Å². The molecule has 0 saturated heterocycles. The van der Waals surface area contributed by atoms with Gasteiger partial charge in [-0.05, 0) is 24.1 Å². The molecule has 0 bridgehead atoms. The van der Waals surface area contributed by atoms with E-state index in [2.05, 4.69) is 12.1 Å². The zero-order valence-electron chi connectivity index (χ0n) is 10.5. The van der Waals surface area contributed by atoms with Gasteiger partial charge in [-0.2, -0.15) is 10.5 Å². The molecule has 96 valence electrons. The molecular weight excluding hydrogens is 260 g/mol. The molecule has 1 aromatic carbocycles. The van der Waals surface area contributed by atoms with Crippen LogP contribution in [0.3, 0.4) is 0 Å². The molecule has 2 rings (SSSR count). The minimum absolute atomic E-state index is 0.315. The minimum Gasteiger partial charge on any atom is -0.497 e. The maximum atomic E-state index is 9.43. The molecule has 0 fully saturated rings. The van der Waals surface area contributed by atoms with Crippen LogP contribution in [0, 0.1) is 28.1 Å². The number of hydrogen-bond donors (Lipinski definition) is 0. The molecule has 0 unspecified atom stereocenters. The van der Waals surface area contributed by atoms with Crippen LogP contribution >= 0.6 is 11.6 Å². The van der Waals surface area contributed by atoms with Gasteiger partial charge in [-0.25, -0.2) is 0 Å². The largest absolute Gasteiger partial charge is 0.497 e. The molecule has 0 aliphatic heterocycles. The lowest BCUT2D eigenvalue weighted by molar-refractivity contribution is 0.411. The molecule has 1 aromatic rings. The summed E-state index contributed by atoms with van der Waals surface area (Å²) >= 11 is 6.22. The van der Waals surface area contributed by atoms with Gasteiger partial charge in [0, 0.05) is 5.92 Å². The van der Waals surface area contributed by atoms with Crippen molar-refractivity contribution in [3.8, 4) is 17.9 Å². The lowest BCUT2D eigenvalue weighted by Gasteiger charge is -2.33. The highest BCUT2D eigenvalue weighted by molar-refractivity contribution is 6.21. The molecule has 3 nitrogen and oxygen atoms in total. The molecule has 0 spiro atoms. The van der Waals surface area contributed by atoms with E-state index in [1.807, 2.05) is 36.4 Å². The van der Waals surface area contributed by atoms with Crippen LogP contribution in [0.2, 0.25) is 0 Å². The predicted molar refractivity (Wildman–Crippen MR) is 72.8 cm³/mol. The molecule has 4 heteroatoms. The average molecular weight is 273 g/mol. The van der Waals surface area contributed by atoms with Gasteiger partial charge in [-0.15, -0.1) is 11.6 Å². The molecular formula is C15H13ClN2O. The second kappa shape index (κ2) is 5.34. The smallest absolute Gasteiger partial charge is 0.170 e. The number of benzene rings is 1. The van der Waals surface area contributed by atoms with Crippen molar-refractivity contribution < 1.29 is 4.74 Å². The van der Waals surface area contributed by atoms with E-state index in [4.69, 9.17) is 16.3 Å². The third-order valence-electron chi connectivity index (χ3n) is 3.50. The Hall–Kier alpha value is -1.97. The van der Waals surface area contributed by atoms with Gasteiger partial charge >= 0.3 is 0 Å². The molecule has 0 heterocycles. The number of allylic oxidation sites excluding steroid dienone is 2. The van der Waals surface area contributed by atoms with Crippen LogP contribution in [0.4, 0.5) is 0 Å². The van der Waals surface area contributed by atoms with Crippen molar-refractivity contribution in [3.05, 3.63) is 42.0 Å². The predicted octanol–water partition coefficient (Wildman–Crippen LogP) is 3.38. The third kappa shape index (κ3) is 2.18. The Morgan fingerprint density at radius 1 is 1.26 bits per heavy atom. The van der Waals surface area contributed by atoms with Crippen molar-refractivity contribution in [3.63, 3.8) is 0 Å². The summed E-state index contributed by atoms with van der Waals surface area (Å²) in [7, 11) is 1.60. The van der Waals surface area contributed by atoms with E-state index in [1.54, 1.807) is 7.11 Å². The zero-order chi connectivity index (χ0) is 13.9. The molecule has 2 atom stereocenters. The molecule has 0 radical (unpaired) electrons. The van der Waals surface area contributed by atoms with Gasteiger partial charge in [0.25, 0.3) is 0 Å². The summed E-state index contributed by atoms with van der Waals surface area (Å²) in [6, 6.07) is 11.6. The lowest BCUT2D eigenvalue weighted by Crippen LogP contribution is -2.36. The van der Waals surface area contributed by atoms with Crippen molar-refractivity contribution in [2.24, 2.45) is 5.41 Å². The van der Waals surface area contributed by atoms with E-state index in [9.17, 15) is 10.5 Å². The summed E-state index contributed by atoms with van der Waals surface area (Å²) in [6.45, 7) is 0. The number of rotatable bonds is 2. The first-order valence-corrected chi connectivity index (χ1v) is 6.38. The van der Waals surface area contributed by atoms with Gasteiger partial charge < -0.3 is 4.74 Å². The van der Waals surface area contributed by atoms with Crippen molar-refractivity contribution >= 4 is 11.6 Å². The molecule has 0 saturated carbocycles. The number of nitriles is 2. The monoisotopic (exact) mass is 272 g/mol. The molecule has 0 amide bonds. The first-order chi connectivity index (χ1) is 9.17. The molecule has 0 N–H and O–H groups in total. The zero-order valence-corrected chi connectivity index (χ0v) is 11.3. The average Bonchev–Trinajstić information content (AvgIpc) is 2.47. The molecule has 0 aromatic heterocycles. The SMILES string of the molecule is COc1ccc([C@@H]2C=CC[C@@H](Cl)C2(C#N)C#N)cc1. The number of methoxy groups -OCH3 is 1. The van der Waals surface area contributed by atoms with Crippen LogP contribution in [0.25, 0.3) is 0 Å². The Bertz CT molecular complexity index is 551. The van der Waals surface area contributed by atoms with Gasteiger partial charge in [0.05, 0.1) is 24.6 Å². The quantitative estimate of drug-likeness (QED) is 0.612. The van der Waals surface area contributed by atoms with Crippen LogP contribution in [-0.2, 0) is 0 Å².